The van der Waals surface area contributed by atoms with Gasteiger partial charge in [-0.15, -0.1) is 0 Å². The maximum atomic E-state index is 11.5. The molecule has 21 heavy (non-hydrogen) atoms. The van der Waals surface area contributed by atoms with E-state index in [1.807, 2.05) is 36.0 Å². The molecular weight excluding hydrogens is 266 g/mol. The Labute approximate surface area is 124 Å². The zero-order valence-corrected chi connectivity index (χ0v) is 12.7. The summed E-state index contributed by atoms with van der Waals surface area (Å²) < 4.78 is 6.73. The highest BCUT2D eigenvalue weighted by Gasteiger charge is 2.08. The van der Waals surface area contributed by atoms with Crippen molar-refractivity contribution in [3.63, 3.8) is 0 Å². The zero-order chi connectivity index (χ0) is 15.2. The van der Waals surface area contributed by atoms with Crippen molar-refractivity contribution in [2.75, 3.05) is 12.4 Å². The van der Waals surface area contributed by atoms with E-state index in [0.29, 0.717) is 12.1 Å². The fraction of sp³-hybridized carbons (Fsp3) is 0.375. The third-order valence-corrected chi connectivity index (χ3v) is 3.35. The Balaban J connectivity index is 2.06. The van der Waals surface area contributed by atoms with Crippen LogP contribution in [0.15, 0.2) is 30.5 Å². The summed E-state index contributed by atoms with van der Waals surface area (Å²) in [4.78, 5) is 11.5. The van der Waals surface area contributed by atoms with Crippen LogP contribution in [0.5, 0.6) is 0 Å². The van der Waals surface area contributed by atoms with Crippen LogP contribution in [-0.4, -0.2) is 22.9 Å². The molecule has 0 saturated heterocycles. The van der Waals surface area contributed by atoms with E-state index >= 15 is 0 Å². The van der Waals surface area contributed by atoms with Crippen LogP contribution in [0.25, 0.3) is 0 Å². The van der Waals surface area contributed by atoms with Gasteiger partial charge >= 0.3 is 5.97 Å². The molecule has 0 aliphatic rings. The highest BCUT2D eigenvalue weighted by molar-refractivity contribution is 5.90. The number of aryl methyl sites for hydroxylation is 2. The average molecular weight is 287 g/mol. The topological polar surface area (TPSA) is 56.2 Å². The van der Waals surface area contributed by atoms with Crippen molar-refractivity contribution in [3.05, 3.63) is 47.3 Å². The molecule has 1 aromatic carbocycles. The minimum atomic E-state index is -0.314. The predicted octanol–water partition coefficient (Wildman–Crippen LogP) is 3.00. The lowest BCUT2D eigenvalue weighted by atomic mass is 10.1. The molecule has 0 bridgehead atoms. The summed E-state index contributed by atoms with van der Waals surface area (Å²) in [6.45, 7) is 5.73. The molecule has 0 aliphatic carbocycles. The summed E-state index contributed by atoms with van der Waals surface area (Å²) in [6, 6.07) is 7.52. The number of carbonyl (C=O) groups excluding carboxylic acids is 1. The maximum absolute atomic E-state index is 11.5. The van der Waals surface area contributed by atoms with E-state index in [9.17, 15) is 4.79 Å². The fourth-order valence-electron chi connectivity index (χ4n) is 2.22. The van der Waals surface area contributed by atoms with Gasteiger partial charge in [0.2, 0.25) is 0 Å². The lowest BCUT2D eigenvalue weighted by molar-refractivity contribution is 0.0600. The van der Waals surface area contributed by atoms with Gasteiger partial charge in [-0.2, -0.15) is 5.10 Å². The van der Waals surface area contributed by atoms with Gasteiger partial charge in [0.1, 0.15) is 0 Å². The second-order valence-corrected chi connectivity index (χ2v) is 4.92. The third-order valence-electron chi connectivity index (χ3n) is 3.35. The SMILES string of the molecule is CCCn1nccc1CNc1ccc(C(=O)OC)cc1C. The molecule has 5 nitrogen and oxygen atoms in total. The monoisotopic (exact) mass is 287 g/mol. The van der Waals surface area contributed by atoms with E-state index in [1.54, 1.807) is 6.07 Å². The summed E-state index contributed by atoms with van der Waals surface area (Å²) in [5.41, 5.74) is 3.73. The number of nitrogens with zero attached hydrogens (tertiary/aromatic N) is 2. The molecule has 0 amide bonds. The normalized spacial score (nSPS) is 10.4. The van der Waals surface area contributed by atoms with Crippen molar-refractivity contribution in [2.24, 2.45) is 0 Å². The molecule has 0 aliphatic heterocycles. The maximum Gasteiger partial charge on any atom is 0.337 e. The molecular formula is C16H21N3O2. The summed E-state index contributed by atoms with van der Waals surface area (Å²) in [5, 5.41) is 7.69. The van der Waals surface area contributed by atoms with Crippen LogP contribution in [0.2, 0.25) is 0 Å². The second kappa shape index (κ2) is 6.92. The van der Waals surface area contributed by atoms with Gasteiger partial charge in [-0.25, -0.2) is 4.79 Å². The summed E-state index contributed by atoms with van der Waals surface area (Å²) in [6.07, 6.45) is 2.88. The highest BCUT2D eigenvalue weighted by Crippen LogP contribution is 2.18. The van der Waals surface area contributed by atoms with Crippen LogP contribution >= 0.6 is 0 Å². The summed E-state index contributed by atoms with van der Waals surface area (Å²) >= 11 is 0. The Morgan fingerprint density at radius 2 is 2.19 bits per heavy atom. The van der Waals surface area contributed by atoms with E-state index in [2.05, 4.69) is 17.3 Å². The highest BCUT2D eigenvalue weighted by atomic mass is 16.5. The van der Waals surface area contributed by atoms with Crippen molar-refractivity contribution >= 4 is 11.7 Å². The first-order chi connectivity index (χ1) is 10.2. The number of hydrogen-bond donors (Lipinski definition) is 1. The Morgan fingerprint density at radius 1 is 1.38 bits per heavy atom. The van der Waals surface area contributed by atoms with Gasteiger partial charge in [0.25, 0.3) is 0 Å². The van der Waals surface area contributed by atoms with Crippen LogP contribution in [0, 0.1) is 6.92 Å². The quantitative estimate of drug-likeness (QED) is 0.830. The molecule has 0 saturated carbocycles. The number of esters is 1. The third kappa shape index (κ3) is 3.62. The van der Waals surface area contributed by atoms with Gasteiger partial charge in [-0.1, -0.05) is 6.92 Å². The largest absolute Gasteiger partial charge is 0.465 e. The number of rotatable bonds is 6. The Bertz CT molecular complexity index is 620. The van der Waals surface area contributed by atoms with Crippen molar-refractivity contribution in [1.29, 1.82) is 0 Å². The number of hydrogen-bond acceptors (Lipinski definition) is 4. The number of aromatic nitrogens is 2. The Morgan fingerprint density at radius 3 is 2.86 bits per heavy atom. The Hall–Kier alpha value is -2.30. The van der Waals surface area contributed by atoms with Crippen molar-refractivity contribution in [2.45, 2.75) is 33.4 Å². The molecule has 112 valence electrons. The first kappa shape index (κ1) is 15.1. The molecule has 1 aromatic heterocycles. The summed E-state index contributed by atoms with van der Waals surface area (Å²) in [5.74, 6) is -0.314. The van der Waals surface area contributed by atoms with E-state index in [0.717, 1.165) is 29.9 Å². The van der Waals surface area contributed by atoms with E-state index in [1.165, 1.54) is 7.11 Å². The number of ether oxygens (including phenoxy) is 1. The van der Waals surface area contributed by atoms with E-state index in [4.69, 9.17) is 4.74 Å². The van der Waals surface area contributed by atoms with Crippen molar-refractivity contribution < 1.29 is 9.53 Å². The van der Waals surface area contributed by atoms with Crippen molar-refractivity contribution in [3.8, 4) is 0 Å². The van der Waals surface area contributed by atoms with Crippen LogP contribution in [0.3, 0.4) is 0 Å². The molecule has 2 aromatic rings. The van der Waals surface area contributed by atoms with Crippen LogP contribution in [0.1, 0.15) is 35.0 Å². The number of benzene rings is 1. The second-order valence-electron chi connectivity index (χ2n) is 4.92. The van der Waals surface area contributed by atoms with Crippen LogP contribution < -0.4 is 5.32 Å². The molecule has 1 heterocycles. The van der Waals surface area contributed by atoms with Gasteiger partial charge in [-0.3, -0.25) is 4.68 Å². The number of anilines is 1. The number of nitrogens with one attached hydrogen (secondary N) is 1. The molecule has 1 N–H and O–H groups in total. The van der Waals surface area contributed by atoms with E-state index < -0.39 is 0 Å². The van der Waals surface area contributed by atoms with E-state index in [-0.39, 0.29) is 5.97 Å². The Kier molecular flexibility index (Phi) is 4.98. The minimum Gasteiger partial charge on any atom is -0.465 e. The van der Waals surface area contributed by atoms with Crippen LogP contribution in [0.4, 0.5) is 5.69 Å². The number of carbonyl (C=O) groups is 1. The average Bonchev–Trinajstić information content (AvgIpc) is 2.93. The number of methoxy groups -OCH3 is 1. The first-order valence-electron chi connectivity index (χ1n) is 7.09. The van der Waals surface area contributed by atoms with Gasteiger partial charge in [-0.05, 0) is 43.2 Å². The summed E-state index contributed by atoms with van der Waals surface area (Å²) in [7, 11) is 1.39. The molecule has 0 spiro atoms. The van der Waals surface area contributed by atoms with Gasteiger partial charge in [0.05, 0.1) is 24.9 Å². The molecule has 0 unspecified atom stereocenters. The lowest BCUT2D eigenvalue weighted by Crippen LogP contribution is -2.10. The van der Waals surface area contributed by atoms with Gasteiger partial charge in [0.15, 0.2) is 0 Å². The predicted molar refractivity (Wildman–Crippen MR) is 82.4 cm³/mol. The van der Waals surface area contributed by atoms with Crippen LogP contribution in [-0.2, 0) is 17.8 Å². The van der Waals surface area contributed by atoms with Crippen molar-refractivity contribution in [1.82, 2.24) is 9.78 Å². The molecule has 0 atom stereocenters. The standard InChI is InChI=1S/C16H21N3O2/c1-4-9-19-14(7-8-18-19)11-17-15-6-5-13(10-12(15)2)16(20)21-3/h5-8,10,17H,4,9,11H2,1-3H3. The first-order valence-corrected chi connectivity index (χ1v) is 7.09. The molecule has 5 heteroatoms. The minimum absolute atomic E-state index is 0.314. The van der Waals surface area contributed by atoms with Gasteiger partial charge in [0, 0.05) is 18.4 Å². The zero-order valence-electron chi connectivity index (χ0n) is 12.7. The smallest absolute Gasteiger partial charge is 0.337 e. The lowest BCUT2D eigenvalue weighted by Gasteiger charge is -2.12. The molecule has 0 fully saturated rings. The molecule has 0 radical (unpaired) electrons. The molecule has 2 rings (SSSR count). The fourth-order valence-corrected chi connectivity index (χ4v) is 2.22. The van der Waals surface area contributed by atoms with Gasteiger partial charge < -0.3 is 10.1 Å².